The number of benzene rings is 1. The highest BCUT2D eigenvalue weighted by Gasteiger charge is 2.21. The van der Waals surface area contributed by atoms with Gasteiger partial charge in [0.05, 0.1) is 16.1 Å². The minimum absolute atomic E-state index is 0.538. The molecule has 0 saturated heterocycles. The predicted octanol–water partition coefficient (Wildman–Crippen LogP) is 1.88. The van der Waals surface area contributed by atoms with Crippen LogP contribution in [0.25, 0.3) is 0 Å². The average Bonchev–Trinajstić information content (AvgIpc) is 2.08. The maximum Gasteiger partial charge on any atom is 0.338 e. The first-order valence-corrected chi connectivity index (χ1v) is 3.77. The Balaban J connectivity index is 3.53. The van der Waals surface area contributed by atoms with Crippen molar-refractivity contribution in [3.05, 3.63) is 34.1 Å². The molecule has 6 heteroatoms. The maximum absolute atomic E-state index is 12.8. The molecule has 1 aromatic rings. The number of hydrogen-bond donors (Lipinski definition) is 2. The summed E-state index contributed by atoms with van der Waals surface area (Å²) in [6.07, 6.45) is 0. The molecule has 0 unspecified atom stereocenters. The summed E-state index contributed by atoms with van der Waals surface area (Å²) in [7, 11) is 0. The highest BCUT2D eigenvalue weighted by atomic mass is 35.5. The third-order valence-corrected chi connectivity index (χ3v) is 1.91. The number of halogens is 2. The van der Waals surface area contributed by atoms with Crippen LogP contribution in [0.4, 0.5) is 4.39 Å². The second-order valence-corrected chi connectivity index (χ2v) is 2.77. The van der Waals surface area contributed by atoms with Crippen LogP contribution in [0, 0.1) is 5.82 Å². The van der Waals surface area contributed by atoms with E-state index < -0.39 is 33.9 Å². The Morgan fingerprint density at radius 2 is 1.79 bits per heavy atom. The molecule has 0 heterocycles. The minimum Gasteiger partial charge on any atom is -0.478 e. The number of aromatic carboxylic acids is 2. The lowest BCUT2D eigenvalue weighted by Crippen LogP contribution is -2.09. The van der Waals surface area contributed by atoms with Crippen molar-refractivity contribution in [3.63, 3.8) is 0 Å². The molecule has 0 atom stereocenters. The fourth-order valence-electron chi connectivity index (χ4n) is 0.938. The molecule has 0 saturated carbocycles. The fourth-order valence-corrected chi connectivity index (χ4v) is 1.18. The summed E-state index contributed by atoms with van der Waals surface area (Å²) in [6.45, 7) is 0. The highest BCUT2D eigenvalue weighted by Crippen LogP contribution is 2.23. The van der Waals surface area contributed by atoms with Crippen LogP contribution in [-0.4, -0.2) is 22.2 Å². The van der Waals surface area contributed by atoms with Crippen molar-refractivity contribution < 1.29 is 24.2 Å². The zero-order valence-electron chi connectivity index (χ0n) is 6.62. The quantitative estimate of drug-likeness (QED) is 0.795. The molecular formula is C8H4ClFO4. The molecule has 0 aliphatic heterocycles. The molecule has 0 bridgehead atoms. The minimum atomic E-state index is -1.58. The molecule has 2 N–H and O–H groups in total. The lowest BCUT2D eigenvalue weighted by atomic mass is 10.1. The van der Waals surface area contributed by atoms with E-state index in [0.717, 1.165) is 12.1 Å². The van der Waals surface area contributed by atoms with E-state index in [4.69, 9.17) is 21.8 Å². The number of carboxylic acids is 2. The smallest absolute Gasteiger partial charge is 0.338 e. The van der Waals surface area contributed by atoms with Crippen LogP contribution in [0.1, 0.15) is 20.7 Å². The highest BCUT2D eigenvalue weighted by molar-refractivity contribution is 6.34. The predicted molar refractivity (Wildman–Crippen MR) is 45.3 cm³/mol. The summed E-state index contributed by atoms with van der Waals surface area (Å²) < 4.78 is 12.8. The molecule has 0 amide bonds. The Morgan fingerprint density at radius 1 is 1.21 bits per heavy atom. The van der Waals surface area contributed by atoms with Crippen molar-refractivity contribution >= 4 is 23.5 Å². The Morgan fingerprint density at radius 3 is 2.21 bits per heavy atom. The van der Waals surface area contributed by atoms with Gasteiger partial charge in [-0.05, 0) is 12.1 Å². The molecular weight excluding hydrogens is 215 g/mol. The van der Waals surface area contributed by atoms with E-state index in [1.54, 1.807) is 0 Å². The number of carbonyl (C=O) groups is 2. The van der Waals surface area contributed by atoms with Gasteiger partial charge >= 0.3 is 11.9 Å². The molecule has 1 aromatic carbocycles. The van der Waals surface area contributed by atoms with Gasteiger partial charge in [0.25, 0.3) is 0 Å². The zero-order valence-corrected chi connectivity index (χ0v) is 7.38. The summed E-state index contributed by atoms with van der Waals surface area (Å²) in [5, 5.41) is 16.5. The third-order valence-electron chi connectivity index (χ3n) is 1.54. The third kappa shape index (κ3) is 1.67. The topological polar surface area (TPSA) is 74.6 Å². The van der Waals surface area contributed by atoms with E-state index in [1.807, 2.05) is 0 Å². The van der Waals surface area contributed by atoms with Gasteiger partial charge in [-0.2, -0.15) is 0 Å². The average molecular weight is 219 g/mol. The second-order valence-electron chi connectivity index (χ2n) is 2.39. The number of rotatable bonds is 2. The van der Waals surface area contributed by atoms with E-state index in [2.05, 4.69) is 0 Å². The van der Waals surface area contributed by atoms with E-state index in [-0.39, 0.29) is 0 Å². The van der Waals surface area contributed by atoms with Crippen molar-refractivity contribution in [1.29, 1.82) is 0 Å². The largest absolute Gasteiger partial charge is 0.478 e. The molecule has 0 aromatic heterocycles. The molecule has 0 aliphatic carbocycles. The Kier molecular flexibility index (Phi) is 2.71. The van der Waals surface area contributed by atoms with Crippen LogP contribution in [0.15, 0.2) is 12.1 Å². The van der Waals surface area contributed by atoms with E-state index in [1.165, 1.54) is 0 Å². The first-order chi connectivity index (χ1) is 6.45. The molecule has 0 fully saturated rings. The van der Waals surface area contributed by atoms with E-state index in [9.17, 15) is 14.0 Å². The van der Waals surface area contributed by atoms with Crippen LogP contribution in [-0.2, 0) is 0 Å². The van der Waals surface area contributed by atoms with Crippen molar-refractivity contribution in [1.82, 2.24) is 0 Å². The standard InChI is InChI=1S/C8H4ClFO4/c9-6-4(10)2-1-3(7(11)12)5(6)8(13)14/h1-2H,(H,11,12)(H,13,14). The van der Waals surface area contributed by atoms with Crippen molar-refractivity contribution in [2.45, 2.75) is 0 Å². The van der Waals surface area contributed by atoms with Crippen LogP contribution in [0.3, 0.4) is 0 Å². The Labute approximate surface area is 82.5 Å². The lowest BCUT2D eigenvalue weighted by Gasteiger charge is -2.03. The first-order valence-electron chi connectivity index (χ1n) is 3.39. The summed E-state index contributed by atoms with van der Waals surface area (Å²) in [5.74, 6) is -4.01. The molecule has 0 radical (unpaired) electrons. The van der Waals surface area contributed by atoms with Gasteiger partial charge in [-0.1, -0.05) is 11.6 Å². The van der Waals surface area contributed by atoms with Crippen LogP contribution in [0.5, 0.6) is 0 Å². The number of hydrogen-bond acceptors (Lipinski definition) is 2. The molecule has 74 valence electrons. The zero-order chi connectivity index (χ0) is 10.9. The van der Waals surface area contributed by atoms with Gasteiger partial charge in [-0.25, -0.2) is 14.0 Å². The van der Waals surface area contributed by atoms with E-state index >= 15 is 0 Å². The van der Waals surface area contributed by atoms with Gasteiger partial charge in [0.1, 0.15) is 5.82 Å². The van der Waals surface area contributed by atoms with Gasteiger partial charge in [0.15, 0.2) is 0 Å². The SMILES string of the molecule is O=C(O)c1ccc(F)c(Cl)c1C(=O)O. The van der Waals surface area contributed by atoms with Gasteiger partial charge in [0.2, 0.25) is 0 Å². The summed E-state index contributed by atoms with van der Waals surface area (Å²) in [4.78, 5) is 21.1. The van der Waals surface area contributed by atoms with Gasteiger partial charge in [-0.3, -0.25) is 0 Å². The fraction of sp³-hybridized carbons (Fsp3) is 0. The molecule has 0 spiro atoms. The first kappa shape index (κ1) is 10.5. The van der Waals surface area contributed by atoms with Crippen LogP contribution >= 0.6 is 11.6 Å². The number of carboxylic acid groups (broad SMARTS) is 2. The normalized spacial score (nSPS) is 9.86. The monoisotopic (exact) mass is 218 g/mol. The Hall–Kier alpha value is -1.62. The lowest BCUT2D eigenvalue weighted by molar-refractivity contribution is 0.0651. The molecule has 14 heavy (non-hydrogen) atoms. The van der Waals surface area contributed by atoms with Crippen molar-refractivity contribution in [3.8, 4) is 0 Å². The second kappa shape index (κ2) is 3.63. The van der Waals surface area contributed by atoms with E-state index in [0.29, 0.717) is 0 Å². The molecule has 1 rings (SSSR count). The van der Waals surface area contributed by atoms with Gasteiger partial charge < -0.3 is 10.2 Å². The van der Waals surface area contributed by atoms with Gasteiger partial charge in [0, 0.05) is 0 Å². The summed E-state index contributed by atoms with van der Waals surface area (Å²) in [6, 6.07) is 1.66. The summed E-state index contributed by atoms with van der Waals surface area (Å²) >= 11 is 5.32. The van der Waals surface area contributed by atoms with Crippen molar-refractivity contribution in [2.24, 2.45) is 0 Å². The van der Waals surface area contributed by atoms with Crippen molar-refractivity contribution in [2.75, 3.05) is 0 Å². The van der Waals surface area contributed by atoms with Gasteiger partial charge in [-0.15, -0.1) is 0 Å². The molecule has 4 nitrogen and oxygen atoms in total. The summed E-state index contributed by atoms with van der Waals surface area (Å²) in [5.41, 5.74) is -1.27. The van der Waals surface area contributed by atoms with Crippen LogP contribution in [0.2, 0.25) is 5.02 Å². The molecule has 0 aliphatic rings. The Bertz CT molecular complexity index is 416. The maximum atomic E-state index is 12.8. The van der Waals surface area contributed by atoms with Crippen LogP contribution < -0.4 is 0 Å².